The number of nitro groups is 1. The maximum absolute atomic E-state index is 14.0. The Hall–Kier alpha value is -4.10. The van der Waals surface area contributed by atoms with Gasteiger partial charge >= 0.3 is 12.2 Å². The monoisotopic (exact) mass is 570 g/mol. The van der Waals surface area contributed by atoms with E-state index in [0.29, 0.717) is 0 Å². The quantitative estimate of drug-likeness (QED) is 0.178. The second kappa shape index (κ2) is 10.1. The van der Waals surface area contributed by atoms with Gasteiger partial charge in [-0.1, -0.05) is 0 Å². The molecule has 2 aromatic rings. The number of nitrogens with two attached hydrogens (primary N) is 1. The number of hydrogen-bond donors (Lipinski definition) is 1. The van der Waals surface area contributed by atoms with Crippen molar-refractivity contribution in [2.45, 2.75) is 64.6 Å². The number of non-ortho nitro benzene ring substituents is 1. The van der Waals surface area contributed by atoms with E-state index in [1.54, 1.807) is 41.5 Å². The molecule has 2 amide bonds. The fraction of sp³-hybridized carbons (Fsp3) is 0.462. The average molecular weight is 571 g/mol. The van der Waals surface area contributed by atoms with E-state index in [1.165, 1.54) is 18.2 Å². The van der Waals surface area contributed by atoms with Crippen LogP contribution in [0.5, 0.6) is 0 Å². The summed E-state index contributed by atoms with van der Waals surface area (Å²) in [6.07, 6.45) is -1.69. The van der Waals surface area contributed by atoms with Crippen LogP contribution in [-0.2, 0) is 21.3 Å². The van der Waals surface area contributed by atoms with Crippen LogP contribution in [0.25, 0.3) is 0 Å². The molecule has 2 aliphatic rings. The summed E-state index contributed by atoms with van der Waals surface area (Å²) in [4.78, 5) is 35.6. The lowest BCUT2D eigenvalue weighted by Crippen LogP contribution is -2.37. The Balaban J connectivity index is 0.000000222. The topological polar surface area (TPSA) is 128 Å². The van der Waals surface area contributed by atoms with Gasteiger partial charge in [-0.25, -0.2) is 9.59 Å². The Bertz CT molecular complexity index is 1340. The van der Waals surface area contributed by atoms with Crippen LogP contribution in [0, 0.1) is 10.1 Å². The maximum atomic E-state index is 14.0. The number of halogens is 4. The van der Waals surface area contributed by atoms with Gasteiger partial charge in [-0.15, -0.1) is 0 Å². The van der Waals surface area contributed by atoms with Crippen molar-refractivity contribution < 1.29 is 41.5 Å². The van der Waals surface area contributed by atoms with E-state index < -0.39 is 64.5 Å². The lowest BCUT2D eigenvalue weighted by Gasteiger charge is -2.24. The van der Waals surface area contributed by atoms with Crippen LogP contribution in [0.3, 0.4) is 0 Å². The third kappa shape index (κ3) is 6.72. The van der Waals surface area contributed by atoms with Crippen LogP contribution >= 0.6 is 0 Å². The van der Waals surface area contributed by atoms with Crippen LogP contribution < -0.4 is 15.5 Å². The number of rotatable bonds is 1. The number of fused-ring (bicyclic) bond motifs is 2. The highest BCUT2D eigenvalue weighted by Gasteiger charge is 2.48. The van der Waals surface area contributed by atoms with Gasteiger partial charge < -0.3 is 15.2 Å². The van der Waals surface area contributed by atoms with Crippen molar-refractivity contribution in [1.29, 1.82) is 0 Å². The summed E-state index contributed by atoms with van der Waals surface area (Å²) < 4.78 is 65.8. The van der Waals surface area contributed by atoms with Gasteiger partial charge in [0.15, 0.2) is 0 Å². The number of carbonyl (C=O) groups is 2. The molecule has 10 nitrogen and oxygen atoms in total. The summed E-state index contributed by atoms with van der Waals surface area (Å²) in [5.74, 6) is -6.46. The maximum Gasteiger partial charge on any atom is 0.415 e. The van der Waals surface area contributed by atoms with Gasteiger partial charge in [-0.05, 0) is 65.8 Å². The van der Waals surface area contributed by atoms with E-state index >= 15 is 0 Å². The molecule has 0 radical (unpaired) electrons. The number of carbonyl (C=O) groups excluding carboxylic acids is 2. The second-order valence-electron chi connectivity index (χ2n) is 11.3. The normalized spacial score (nSPS) is 16.9. The Labute approximate surface area is 227 Å². The van der Waals surface area contributed by atoms with Crippen molar-refractivity contribution in [3.63, 3.8) is 0 Å². The highest BCUT2D eigenvalue weighted by molar-refractivity contribution is 5.92. The first-order valence-corrected chi connectivity index (χ1v) is 12.1. The summed E-state index contributed by atoms with van der Waals surface area (Å²) in [5, 5.41) is 10.7. The molecule has 2 heterocycles. The molecule has 0 bridgehead atoms. The molecule has 40 heavy (non-hydrogen) atoms. The van der Waals surface area contributed by atoms with Crippen molar-refractivity contribution in [2.24, 2.45) is 0 Å². The fourth-order valence-corrected chi connectivity index (χ4v) is 3.95. The van der Waals surface area contributed by atoms with Crippen LogP contribution in [0.15, 0.2) is 36.4 Å². The molecule has 2 aromatic carbocycles. The minimum absolute atomic E-state index is 0.0696. The van der Waals surface area contributed by atoms with Crippen LogP contribution in [0.4, 0.5) is 49.9 Å². The third-order valence-corrected chi connectivity index (χ3v) is 5.52. The molecule has 0 unspecified atom stereocenters. The van der Waals surface area contributed by atoms with Crippen LogP contribution in [0.1, 0.15) is 52.7 Å². The summed E-state index contributed by atoms with van der Waals surface area (Å²) in [6.45, 7) is 8.30. The highest BCUT2D eigenvalue weighted by Crippen LogP contribution is 2.46. The Morgan fingerprint density at radius 2 is 1.23 bits per heavy atom. The largest absolute Gasteiger partial charge is 0.443 e. The number of anilines is 3. The zero-order chi connectivity index (χ0) is 30.4. The van der Waals surface area contributed by atoms with E-state index in [1.807, 2.05) is 0 Å². The molecule has 0 aliphatic carbocycles. The number of amides is 2. The summed E-state index contributed by atoms with van der Waals surface area (Å²) in [7, 11) is 0. The Morgan fingerprint density at radius 1 is 0.825 bits per heavy atom. The van der Waals surface area contributed by atoms with Gasteiger partial charge in [0.2, 0.25) is 0 Å². The minimum Gasteiger partial charge on any atom is -0.443 e. The first-order valence-electron chi connectivity index (χ1n) is 12.1. The standard InChI is InChI=1S/C13H14F2N2O4.C13H16F2N2O2/c1-12(2,3)21-11(18)16-7-13(14,15)9-6-8(17(19)20)4-5-10(9)16;1-12(2,3)19-11(18)17-7-13(14,15)9-6-8(16)4-5-10(9)17/h4-6H,7H2,1-3H3;4-6H,7,16H2,1-3H3. The molecular weight excluding hydrogens is 540 g/mol. The molecule has 2 N–H and O–H groups in total. The number of hydrogen-bond acceptors (Lipinski definition) is 7. The van der Waals surface area contributed by atoms with Gasteiger partial charge in [0.05, 0.1) is 35.0 Å². The Kier molecular flexibility index (Phi) is 7.71. The number of nitrogens with zero attached hydrogens (tertiary/aromatic N) is 3. The molecule has 4 rings (SSSR count). The molecule has 218 valence electrons. The van der Waals surface area contributed by atoms with E-state index in [4.69, 9.17) is 15.2 Å². The zero-order valence-corrected chi connectivity index (χ0v) is 22.8. The SMILES string of the molecule is CC(C)(C)OC(=O)N1CC(F)(F)c2cc(N)ccc21.CC(C)(C)OC(=O)N1CC(F)(F)c2cc([N+](=O)[O-])ccc21. The molecule has 0 spiro atoms. The number of nitro benzene ring substituents is 1. The molecule has 0 atom stereocenters. The zero-order valence-electron chi connectivity index (χ0n) is 22.8. The first-order chi connectivity index (χ1) is 18.1. The van der Waals surface area contributed by atoms with Gasteiger partial charge in [0.1, 0.15) is 11.2 Å². The van der Waals surface area contributed by atoms with Crippen molar-refractivity contribution >= 4 is 34.9 Å². The van der Waals surface area contributed by atoms with Gasteiger partial charge in [0, 0.05) is 23.4 Å². The molecule has 14 heteroatoms. The number of alkyl halides is 4. The highest BCUT2D eigenvalue weighted by atomic mass is 19.3. The van der Waals surface area contributed by atoms with E-state index in [9.17, 15) is 37.3 Å². The minimum atomic E-state index is -3.35. The predicted molar refractivity (Wildman–Crippen MR) is 139 cm³/mol. The van der Waals surface area contributed by atoms with Crippen molar-refractivity contribution in [3.05, 3.63) is 57.6 Å². The van der Waals surface area contributed by atoms with Crippen LogP contribution in [0.2, 0.25) is 0 Å². The molecule has 2 aliphatic heterocycles. The number of ether oxygens (including phenoxy) is 2. The van der Waals surface area contributed by atoms with Crippen LogP contribution in [-0.4, -0.2) is 41.4 Å². The molecule has 0 fully saturated rings. The lowest BCUT2D eigenvalue weighted by molar-refractivity contribution is -0.385. The Morgan fingerprint density at radius 3 is 1.62 bits per heavy atom. The molecule has 0 saturated carbocycles. The van der Waals surface area contributed by atoms with Crippen molar-refractivity contribution in [2.75, 3.05) is 28.6 Å². The fourth-order valence-electron chi connectivity index (χ4n) is 3.95. The van der Waals surface area contributed by atoms with Gasteiger partial charge in [0.25, 0.3) is 17.5 Å². The van der Waals surface area contributed by atoms with E-state index in [2.05, 4.69) is 0 Å². The number of nitrogen functional groups attached to an aromatic ring is 1. The van der Waals surface area contributed by atoms with Crippen molar-refractivity contribution in [3.8, 4) is 0 Å². The number of benzene rings is 2. The van der Waals surface area contributed by atoms with Crippen molar-refractivity contribution in [1.82, 2.24) is 0 Å². The third-order valence-electron chi connectivity index (χ3n) is 5.52. The van der Waals surface area contributed by atoms with E-state index in [-0.39, 0.29) is 22.6 Å². The van der Waals surface area contributed by atoms with Gasteiger partial charge in [-0.3, -0.25) is 19.9 Å². The summed E-state index contributed by atoms with van der Waals surface area (Å²) >= 11 is 0. The molecular formula is C26H30F4N4O6. The smallest absolute Gasteiger partial charge is 0.415 e. The average Bonchev–Trinajstić information content (AvgIpc) is 3.21. The molecule has 0 saturated heterocycles. The predicted octanol–water partition coefficient (Wildman–Crippen LogP) is 6.56. The summed E-state index contributed by atoms with van der Waals surface area (Å²) in [5.41, 5.74) is 3.05. The second-order valence-corrected chi connectivity index (χ2v) is 11.3. The van der Waals surface area contributed by atoms with Gasteiger partial charge in [-0.2, -0.15) is 17.6 Å². The van der Waals surface area contributed by atoms with E-state index in [0.717, 1.165) is 28.0 Å². The lowest BCUT2D eigenvalue weighted by atomic mass is 10.1. The first kappa shape index (κ1) is 30.4. The molecule has 0 aromatic heterocycles. The summed E-state index contributed by atoms with van der Waals surface area (Å²) in [6, 6.07) is 7.10.